The fraction of sp³-hybridized carbons (Fsp3) is 0.381. The molecule has 0 aromatic heterocycles. The van der Waals surface area contributed by atoms with Crippen LogP contribution in [0.4, 0.5) is 5.69 Å². The summed E-state index contributed by atoms with van der Waals surface area (Å²) in [7, 11) is 3.38. The Balaban J connectivity index is 0.00000392. The number of nitrogens with one attached hydrogen (secondary N) is 2. The highest BCUT2D eigenvalue weighted by molar-refractivity contribution is 14.0. The van der Waals surface area contributed by atoms with Gasteiger partial charge in [0.05, 0.1) is 20.3 Å². The molecule has 0 saturated heterocycles. The van der Waals surface area contributed by atoms with E-state index < -0.39 is 0 Å². The second-order valence-corrected chi connectivity index (χ2v) is 5.75. The molecule has 7 heteroatoms. The van der Waals surface area contributed by atoms with E-state index in [0.29, 0.717) is 30.7 Å². The van der Waals surface area contributed by atoms with Crippen molar-refractivity contribution in [2.75, 3.05) is 39.2 Å². The zero-order chi connectivity index (χ0) is 19.5. The van der Waals surface area contributed by atoms with Gasteiger partial charge in [0.15, 0.2) is 17.5 Å². The smallest absolute Gasteiger partial charge is 0.195 e. The van der Waals surface area contributed by atoms with Crippen LogP contribution >= 0.6 is 24.0 Å². The van der Waals surface area contributed by atoms with Crippen LogP contribution in [0.25, 0.3) is 0 Å². The minimum Gasteiger partial charge on any atom is -0.494 e. The van der Waals surface area contributed by atoms with Gasteiger partial charge in [-0.1, -0.05) is 12.1 Å². The van der Waals surface area contributed by atoms with Gasteiger partial charge in [0.25, 0.3) is 0 Å². The van der Waals surface area contributed by atoms with Crippen molar-refractivity contribution in [1.29, 1.82) is 0 Å². The quantitative estimate of drug-likeness (QED) is 0.306. The van der Waals surface area contributed by atoms with E-state index in [0.717, 1.165) is 24.4 Å². The maximum absolute atomic E-state index is 5.62. The van der Waals surface area contributed by atoms with Crippen LogP contribution in [0.3, 0.4) is 0 Å². The van der Waals surface area contributed by atoms with E-state index in [1.54, 1.807) is 14.2 Å². The van der Waals surface area contributed by atoms with Crippen LogP contribution < -0.4 is 24.8 Å². The van der Waals surface area contributed by atoms with Crippen molar-refractivity contribution in [3.63, 3.8) is 0 Å². The third kappa shape index (κ3) is 7.46. The predicted molar refractivity (Wildman–Crippen MR) is 126 cm³/mol. The first-order chi connectivity index (χ1) is 13.2. The summed E-state index contributed by atoms with van der Waals surface area (Å²) in [5, 5.41) is 6.60. The summed E-state index contributed by atoms with van der Waals surface area (Å²) in [6, 6.07) is 13.9. The van der Waals surface area contributed by atoms with E-state index in [4.69, 9.17) is 14.2 Å². The molecule has 0 fully saturated rings. The maximum atomic E-state index is 5.62. The Hall–Kier alpha value is -2.16. The number of guanidine groups is 1. The molecule has 0 saturated carbocycles. The number of anilines is 1. The lowest BCUT2D eigenvalue weighted by Crippen LogP contribution is -2.32. The molecule has 2 N–H and O–H groups in total. The Morgan fingerprint density at radius 1 is 1.00 bits per heavy atom. The van der Waals surface area contributed by atoms with Crippen LogP contribution in [0.1, 0.15) is 19.4 Å². The highest BCUT2D eigenvalue weighted by atomic mass is 127. The van der Waals surface area contributed by atoms with Gasteiger partial charge in [-0.25, -0.2) is 0 Å². The number of benzene rings is 2. The van der Waals surface area contributed by atoms with E-state index in [1.807, 2.05) is 44.2 Å². The molecular weight excluding hydrogens is 469 g/mol. The first-order valence-corrected chi connectivity index (χ1v) is 9.20. The lowest BCUT2D eigenvalue weighted by molar-refractivity contribution is 0.311. The van der Waals surface area contributed by atoms with Crippen LogP contribution in [0.2, 0.25) is 0 Å². The summed E-state index contributed by atoms with van der Waals surface area (Å²) in [5.74, 6) is 3.01. The second-order valence-electron chi connectivity index (χ2n) is 5.75. The summed E-state index contributed by atoms with van der Waals surface area (Å²) >= 11 is 0. The monoisotopic (exact) mass is 499 g/mol. The van der Waals surface area contributed by atoms with Crippen molar-refractivity contribution >= 4 is 35.6 Å². The number of methoxy groups -OCH3 is 1. The number of aliphatic imine (C=N–C) groups is 1. The molecule has 0 bridgehead atoms. The SMILES string of the molecule is CCOc1cccc(CCNC(=NC)Nc2ccc(OC)c(OCC)c2)c1.I. The molecule has 0 spiro atoms. The molecule has 2 aromatic rings. The number of rotatable bonds is 9. The second kappa shape index (κ2) is 13.1. The molecule has 28 heavy (non-hydrogen) atoms. The van der Waals surface area contributed by atoms with Gasteiger partial charge in [-0.3, -0.25) is 4.99 Å². The number of hydrogen-bond acceptors (Lipinski definition) is 4. The summed E-state index contributed by atoms with van der Waals surface area (Å²) in [5.41, 5.74) is 2.10. The predicted octanol–water partition coefficient (Wildman–Crippen LogP) is 4.34. The topological polar surface area (TPSA) is 64.1 Å². The van der Waals surface area contributed by atoms with Gasteiger partial charge in [0.1, 0.15) is 5.75 Å². The minimum absolute atomic E-state index is 0. The van der Waals surface area contributed by atoms with Crippen molar-refractivity contribution in [2.24, 2.45) is 4.99 Å². The minimum atomic E-state index is 0. The number of hydrogen-bond donors (Lipinski definition) is 2. The van der Waals surface area contributed by atoms with E-state index in [9.17, 15) is 0 Å². The van der Waals surface area contributed by atoms with E-state index in [-0.39, 0.29) is 24.0 Å². The maximum Gasteiger partial charge on any atom is 0.195 e. The molecule has 0 aliphatic carbocycles. The van der Waals surface area contributed by atoms with Gasteiger partial charge in [-0.05, 0) is 50.1 Å². The third-order valence-corrected chi connectivity index (χ3v) is 3.87. The molecule has 154 valence electrons. The highest BCUT2D eigenvalue weighted by Gasteiger charge is 2.07. The van der Waals surface area contributed by atoms with Crippen LogP contribution in [0.5, 0.6) is 17.2 Å². The molecular formula is C21H30IN3O3. The van der Waals surface area contributed by atoms with Crippen molar-refractivity contribution in [3.05, 3.63) is 48.0 Å². The molecule has 0 atom stereocenters. The Labute approximate surface area is 184 Å². The lowest BCUT2D eigenvalue weighted by atomic mass is 10.1. The Bertz CT molecular complexity index is 753. The average molecular weight is 499 g/mol. The first-order valence-electron chi connectivity index (χ1n) is 9.20. The van der Waals surface area contributed by atoms with Crippen molar-refractivity contribution in [1.82, 2.24) is 5.32 Å². The van der Waals surface area contributed by atoms with Crippen molar-refractivity contribution in [3.8, 4) is 17.2 Å². The number of ether oxygens (including phenoxy) is 3. The highest BCUT2D eigenvalue weighted by Crippen LogP contribution is 2.30. The van der Waals surface area contributed by atoms with E-state index in [2.05, 4.69) is 27.8 Å². The Morgan fingerprint density at radius 3 is 2.46 bits per heavy atom. The fourth-order valence-corrected chi connectivity index (χ4v) is 2.62. The molecule has 0 unspecified atom stereocenters. The molecule has 2 aromatic carbocycles. The van der Waals surface area contributed by atoms with Crippen LogP contribution in [0, 0.1) is 0 Å². The molecule has 0 aliphatic rings. The molecule has 6 nitrogen and oxygen atoms in total. The number of nitrogens with zero attached hydrogens (tertiary/aromatic N) is 1. The van der Waals surface area contributed by atoms with Crippen molar-refractivity contribution < 1.29 is 14.2 Å². The largest absolute Gasteiger partial charge is 0.494 e. The van der Waals surface area contributed by atoms with E-state index in [1.165, 1.54) is 5.56 Å². The fourth-order valence-electron chi connectivity index (χ4n) is 2.62. The Kier molecular flexibility index (Phi) is 11.2. The molecule has 0 radical (unpaired) electrons. The number of halogens is 1. The van der Waals surface area contributed by atoms with Gasteiger partial charge in [-0.15, -0.1) is 24.0 Å². The summed E-state index contributed by atoms with van der Waals surface area (Å²) in [4.78, 5) is 4.28. The van der Waals surface area contributed by atoms with Gasteiger partial charge >= 0.3 is 0 Å². The molecule has 0 amide bonds. The average Bonchev–Trinajstić information content (AvgIpc) is 2.68. The summed E-state index contributed by atoms with van der Waals surface area (Å²) in [6.07, 6.45) is 0.869. The standard InChI is InChI=1S/C21H29N3O3.HI/c1-5-26-18-9-7-8-16(14-18)12-13-23-21(22-3)24-17-10-11-19(25-4)20(15-17)27-6-2;/h7-11,14-15H,5-6,12-13H2,1-4H3,(H2,22,23,24);1H. The van der Waals surface area contributed by atoms with Gasteiger partial charge in [0.2, 0.25) is 0 Å². The lowest BCUT2D eigenvalue weighted by Gasteiger charge is -2.15. The van der Waals surface area contributed by atoms with Gasteiger partial charge in [0, 0.05) is 25.3 Å². The first kappa shape index (κ1) is 23.9. The van der Waals surface area contributed by atoms with Crippen LogP contribution in [-0.4, -0.2) is 39.9 Å². The summed E-state index contributed by atoms with van der Waals surface area (Å²) in [6.45, 7) is 5.93. The Morgan fingerprint density at radius 2 is 1.79 bits per heavy atom. The summed E-state index contributed by atoms with van der Waals surface area (Å²) < 4.78 is 16.5. The van der Waals surface area contributed by atoms with Crippen LogP contribution in [0.15, 0.2) is 47.5 Å². The molecule has 0 aliphatic heterocycles. The van der Waals surface area contributed by atoms with Gasteiger partial charge < -0.3 is 24.8 Å². The zero-order valence-electron chi connectivity index (χ0n) is 17.0. The molecule has 2 rings (SSSR count). The normalized spacial score (nSPS) is 10.6. The van der Waals surface area contributed by atoms with Crippen LogP contribution in [-0.2, 0) is 6.42 Å². The third-order valence-electron chi connectivity index (χ3n) is 3.87. The molecule has 0 heterocycles. The van der Waals surface area contributed by atoms with Crippen molar-refractivity contribution in [2.45, 2.75) is 20.3 Å². The van der Waals surface area contributed by atoms with Gasteiger partial charge in [-0.2, -0.15) is 0 Å². The zero-order valence-corrected chi connectivity index (χ0v) is 19.3. The van der Waals surface area contributed by atoms with E-state index >= 15 is 0 Å².